The molecule has 0 bridgehead atoms. The fourth-order valence-electron chi connectivity index (χ4n) is 1.63. The molecule has 1 heterocycles. The summed E-state index contributed by atoms with van der Waals surface area (Å²) >= 11 is 0. The SMILES string of the molecule is C=C(C)C(=O)OCCO[C@H]1O[C@H](CO)[C@@H](O)[C@H](O)[C@@H]1O. The molecule has 4 N–H and O–H groups in total. The topological polar surface area (TPSA) is 126 Å². The van der Waals surface area contributed by atoms with Crippen molar-refractivity contribution in [3.05, 3.63) is 12.2 Å². The van der Waals surface area contributed by atoms with Gasteiger partial charge in [-0.05, 0) is 6.92 Å². The average Bonchev–Trinajstić information content (AvgIpc) is 2.42. The Labute approximate surface area is 116 Å². The van der Waals surface area contributed by atoms with E-state index in [1.807, 2.05) is 0 Å². The summed E-state index contributed by atoms with van der Waals surface area (Å²) in [5.41, 5.74) is 0.248. The van der Waals surface area contributed by atoms with Gasteiger partial charge in [-0.1, -0.05) is 6.58 Å². The Morgan fingerprint density at radius 3 is 2.40 bits per heavy atom. The van der Waals surface area contributed by atoms with Crippen molar-refractivity contribution in [2.75, 3.05) is 19.8 Å². The summed E-state index contributed by atoms with van der Waals surface area (Å²) in [6.07, 6.45) is -6.66. The summed E-state index contributed by atoms with van der Waals surface area (Å²) in [6, 6.07) is 0. The largest absolute Gasteiger partial charge is 0.460 e. The third-order valence-corrected chi connectivity index (χ3v) is 2.80. The molecule has 1 fully saturated rings. The predicted molar refractivity (Wildman–Crippen MR) is 65.5 cm³/mol. The Bertz CT molecular complexity index is 342. The number of carbonyl (C=O) groups is 1. The maximum absolute atomic E-state index is 11.1. The van der Waals surface area contributed by atoms with E-state index in [9.17, 15) is 20.1 Å². The van der Waals surface area contributed by atoms with Crippen molar-refractivity contribution < 1.29 is 39.4 Å². The number of hydrogen-bond donors (Lipinski definition) is 4. The molecule has 0 aliphatic carbocycles. The maximum Gasteiger partial charge on any atom is 0.333 e. The first-order chi connectivity index (χ1) is 9.38. The summed E-state index contributed by atoms with van der Waals surface area (Å²) in [5.74, 6) is -0.567. The van der Waals surface area contributed by atoms with E-state index in [0.29, 0.717) is 0 Å². The molecule has 5 atom stereocenters. The molecule has 0 saturated carbocycles. The van der Waals surface area contributed by atoms with Crippen LogP contribution >= 0.6 is 0 Å². The van der Waals surface area contributed by atoms with Crippen LogP contribution in [0, 0.1) is 0 Å². The molecule has 8 heteroatoms. The van der Waals surface area contributed by atoms with Crippen molar-refractivity contribution in [1.82, 2.24) is 0 Å². The normalized spacial score (nSPS) is 33.8. The predicted octanol–water partition coefficient (Wildman–Crippen LogP) is -2.08. The molecule has 0 spiro atoms. The van der Waals surface area contributed by atoms with Gasteiger partial charge >= 0.3 is 5.97 Å². The molecular weight excluding hydrogens is 272 g/mol. The summed E-state index contributed by atoms with van der Waals surface area (Å²) in [5, 5.41) is 37.7. The lowest BCUT2D eigenvalue weighted by atomic mass is 9.99. The Hall–Kier alpha value is -1.03. The average molecular weight is 292 g/mol. The zero-order chi connectivity index (χ0) is 15.3. The number of ether oxygens (including phenoxy) is 3. The van der Waals surface area contributed by atoms with E-state index < -0.39 is 43.3 Å². The number of aliphatic hydroxyl groups excluding tert-OH is 4. The molecule has 1 saturated heterocycles. The molecular formula is C12H20O8. The van der Waals surface area contributed by atoms with Gasteiger partial charge in [-0.2, -0.15) is 0 Å². The lowest BCUT2D eigenvalue weighted by Crippen LogP contribution is -2.59. The zero-order valence-electron chi connectivity index (χ0n) is 11.1. The minimum Gasteiger partial charge on any atom is -0.460 e. The fourth-order valence-corrected chi connectivity index (χ4v) is 1.63. The zero-order valence-corrected chi connectivity index (χ0v) is 11.1. The van der Waals surface area contributed by atoms with Gasteiger partial charge in [0.05, 0.1) is 13.2 Å². The first kappa shape index (κ1) is 17.0. The molecule has 8 nitrogen and oxygen atoms in total. The smallest absolute Gasteiger partial charge is 0.333 e. The van der Waals surface area contributed by atoms with E-state index in [4.69, 9.17) is 19.3 Å². The molecule has 0 aromatic heterocycles. The van der Waals surface area contributed by atoms with E-state index >= 15 is 0 Å². The van der Waals surface area contributed by atoms with Crippen molar-refractivity contribution >= 4 is 5.97 Å². The quantitative estimate of drug-likeness (QED) is 0.250. The monoisotopic (exact) mass is 292 g/mol. The second-order valence-electron chi connectivity index (χ2n) is 4.48. The van der Waals surface area contributed by atoms with Gasteiger partial charge in [0, 0.05) is 5.57 Å². The third-order valence-electron chi connectivity index (χ3n) is 2.80. The second-order valence-corrected chi connectivity index (χ2v) is 4.48. The highest BCUT2D eigenvalue weighted by molar-refractivity contribution is 5.86. The molecule has 0 unspecified atom stereocenters. The van der Waals surface area contributed by atoms with Gasteiger partial charge in [0.15, 0.2) is 6.29 Å². The Balaban J connectivity index is 2.39. The molecule has 116 valence electrons. The van der Waals surface area contributed by atoms with E-state index in [-0.39, 0.29) is 18.8 Å². The Kier molecular flexibility index (Phi) is 6.53. The molecule has 0 aromatic carbocycles. The van der Waals surface area contributed by atoms with E-state index in [0.717, 1.165) is 0 Å². The molecule has 0 radical (unpaired) electrons. The number of esters is 1. The van der Waals surface area contributed by atoms with Gasteiger partial charge in [0.1, 0.15) is 31.0 Å². The minimum absolute atomic E-state index is 0.0816. The Morgan fingerprint density at radius 2 is 1.85 bits per heavy atom. The highest BCUT2D eigenvalue weighted by Gasteiger charge is 2.43. The lowest BCUT2D eigenvalue weighted by Gasteiger charge is -2.39. The van der Waals surface area contributed by atoms with Crippen LogP contribution < -0.4 is 0 Å². The molecule has 0 amide bonds. The molecule has 20 heavy (non-hydrogen) atoms. The molecule has 1 aliphatic rings. The van der Waals surface area contributed by atoms with Crippen molar-refractivity contribution in [3.8, 4) is 0 Å². The van der Waals surface area contributed by atoms with Gasteiger partial charge in [-0.15, -0.1) is 0 Å². The Morgan fingerprint density at radius 1 is 1.20 bits per heavy atom. The van der Waals surface area contributed by atoms with E-state index in [2.05, 4.69) is 6.58 Å². The minimum atomic E-state index is -1.50. The van der Waals surface area contributed by atoms with Crippen LogP contribution in [0.15, 0.2) is 12.2 Å². The van der Waals surface area contributed by atoms with Crippen LogP contribution in [0.1, 0.15) is 6.92 Å². The highest BCUT2D eigenvalue weighted by Crippen LogP contribution is 2.21. The summed E-state index contributed by atoms with van der Waals surface area (Å²) in [6.45, 7) is 4.21. The van der Waals surface area contributed by atoms with Crippen LogP contribution in [0.2, 0.25) is 0 Å². The summed E-state index contributed by atoms with van der Waals surface area (Å²) < 4.78 is 15.0. The van der Waals surface area contributed by atoms with Crippen molar-refractivity contribution in [3.63, 3.8) is 0 Å². The van der Waals surface area contributed by atoms with Gasteiger partial charge in [0.2, 0.25) is 0 Å². The number of aliphatic hydroxyl groups is 4. The fraction of sp³-hybridized carbons (Fsp3) is 0.750. The van der Waals surface area contributed by atoms with Crippen molar-refractivity contribution in [1.29, 1.82) is 0 Å². The van der Waals surface area contributed by atoms with E-state index in [1.54, 1.807) is 0 Å². The highest BCUT2D eigenvalue weighted by atomic mass is 16.7. The lowest BCUT2D eigenvalue weighted by molar-refractivity contribution is -0.302. The van der Waals surface area contributed by atoms with Gasteiger partial charge < -0.3 is 34.6 Å². The number of hydrogen-bond acceptors (Lipinski definition) is 8. The maximum atomic E-state index is 11.1. The molecule has 1 rings (SSSR count). The van der Waals surface area contributed by atoms with Crippen LogP contribution in [-0.2, 0) is 19.0 Å². The first-order valence-corrected chi connectivity index (χ1v) is 6.13. The summed E-state index contributed by atoms with van der Waals surface area (Å²) in [4.78, 5) is 11.1. The van der Waals surface area contributed by atoms with Gasteiger partial charge in [-0.25, -0.2) is 4.79 Å². The van der Waals surface area contributed by atoms with Gasteiger partial charge in [0.25, 0.3) is 0 Å². The first-order valence-electron chi connectivity index (χ1n) is 6.13. The number of carbonyl (C=O) groups excluding carboxylic acids is 1. The van der Waals surface area contributed by atoms with Crippen molar-refractivity contribution in [2.24, 2.45) is 0 Å². The number of rotatable bonds is 6. The third kappa shape index (κ3) is 4.23. The standard InChI is InChI=1S/C12H20O8/c1-6(2)11(17)18-3-4-19-12-10(16)9(15)8(14)7(5-13)20-12/h7-10,12-16H,1,3-5H2,2H3/t7-,8-,9+,10+,12+/m1/s1. The summed E-state index contributed by atoms with van der Waals surface area (Å²) in [7, 11) is 0. The molecule has 0 aromatic rings. The van der Waals surface area contributed by atoms with Crippen LogP contribution in [0.3, 0.4) is 0 Å². The molecule has 1 aliphatic heterocycles. The van der Waals surface area contributed by atoms with Crippen LogP contribution in [0.5, 0.6) is 0 Å². The van der Waals surface area contributed by atoms with Gasteiger partial charge in [-0.3, -0.25) is 0 Å². The van der Waals surface area contributed by atoms with Crippen molar-refractivity contribution in [2.45, 2.75) is 37.6 Å². The van der Waals surface area contributed by atoms with Crippen LogP contribution in [-0.4, -0.2) is 76.9 Å². The van der Waals surface area contributed by atoms with Crippen LogP contribution in [0.4, 0.5) is 0 Å². The van der Waals surface area contributed by atoms with E-state index in [1.165, 1.54) is 6.92 Å². The van der Waals surface area contributed by atoms with Crippen LogP contribution in [0.25, 0.3) is 0 Å². The second kappa shape index (κ2) is 7.67.